The van der Waals surface area contributed by atoms with Crippen molar-refractivity contribution in [3.05, 3.63) is 146 Å². The number of para-hydroxylation sites is 1. The molecule has 37 heavy (non-hydrogen) atoms. The zero-order chi connectivity index (χ0) is 24.6. The van der Waals surface area contributed by atoms with Gasteiger partial charge in [-0.05, 0) is 61.8 Å². The Balaban J connectivity index is 1.35. The molecule has 1 N–H and O–H groups in total. The Morgan fingerprint density at radius 1 is 0.324 bits per heavy atom. The first kappa shape index (κ1) is 21.4. The second-order valence-corrected chi connectivity index (χ2v) is 9.47. The van der Waals surface area contributed by atoms with Crippen molar-refractivity contribution in [3.63, 3.8) is 0 Å². The van der Waals surface area contributed by atoms with E-state index in [0.29, 0.717) is 0 Å². The fraction of sp³-hybridized carbons (Fsp3) is 0. The average molecular weight is 472 g/mol. The number of rotatable bonds is 4. The highest BCUT2D eigenvalue weighted by Gasteiger charge is 2.12. The summed E-state index contributed by atoms with van der Waals surface area (Å²) in [6.07, 6.45) is 0. The maximum absolute atomic E-state index is 3.78. The smallest absolute Gasteiger partial charge is 0.0464 e. The van der Waals surface area contributed by atoms with E-state index in [2.05, 4.69) is 151 Å². The zero-order valence-corrected chi connectivity index (χ0v) is 20.4. The summed E-state index contributed by atoms with van der Waals surface area (Å²) in [6.45, 7) is 0. The van der Waals surface area contributed by atoms with Gasteiger partial charge in [-0.25, -0.2) is 0 Å². The van der Waals surface area contributed by atoms with Gasteiger partial charge >= 0.3 is 0 Å². The molecule has 0 unspecified atom stereocenters. The van der Waals surface area contributed by atoms with E-state index >= 15 is 0 Å². The normalized spacial score (nSPS) is 11.2. The first-order valence-electron chi connectivity index (χ1n) is 12.7. The molecule has 0 aromatic heterocycles. The molecule has 0 spiro atoms. The van der Waals surface area contributed by atoms with Crippen molar-refractivity contribution in [2.24, 2.45) is 0 Å². The van der Waals surface area contributed by atoms with Crippen LogP contribution in [0.5, 0.6) is 0 Å². The highest BCUT2D eigenvalue weighted by atomic mass is 14.9. The summed E-state index contributed by atoms with van der Waals surface area (Å²) in [5.74, 6) is 0. The maximum Gasteiger partial charge on any atom is 0.0464 e. The molecule has 174 valence electrons. The average Bonchev–Trinajstić information content (AvgIpc) is 2.97. The standard InChI is InChI=1S/C36H25N/c1-2-12-27-24-28(21-20-25(27)10-1)30-15-7-8-19-35(30)37-36-23-22-33(32-16-5-6-17-34(32)36)31-18-9-13-26-11-3-4-14-29(26)31/h1-24,37H. The molecule has 1 heteroatoms. The summed E-state index contributed by atoms with van der Waals surface area (Å²) in [5, 5.41) is 11.3. The van der Waals surface area contributed by atoms with Gasteiger partial charge in [0.1, 0.15) is 0 Å². The number of hydrogen-bond acceptors (Lipinski definition) is 1. The molecule has 0 radical (unpaired) electrons. The number of fused-ring (bicyclic) bond motifs is 3. The summed E-state index contributed by atoms with van der Waals surface area (Å²) >= 11 is 0. The molecule has 0 saturated heterocycles. The third-order valence-electron chi connectivity index (χ3n) is 7.26. The third kappa shape index (κ3) is 3.82. The minimum Gasteiger partial charge on any atom is -0.355 e. The minimum atomic E-state index is 1.10. The van der Waals surface area contributed by atoms with E-state index in [9.17, 15) is 0 Å². The Morgan fingerprint density at radius 3 is 1.84 bits per heavy atom. The minimum absolute atomic E-state index is 1.10. The number of hydrogen-bond donors (Lipinski definition) is 1. The van der Waals surface area contributed by atoms with Crippen molar-refractivity contribution in [3.8, 4) is 22.3 Å². The molecule has 0 atom stereocenters. The van der Waals surface area contributed by atoms with Gasteiger partial charge in [-0.15, -0.1) is 0 Å². The van der Waals surface area contributed by atoms with Crippen LogP contribution >= 0.6 is 0 Å². The molecule has 0 aliphatic heterocycles. The SMILES string of the molecule is c1ccc(-c2ccc3ccccc3c2)c(Nc2ccc(-c3cccc4ccccc34)c3ccccc23)c1. The Hall–Kier alpha value is -4.88. The first-order valence-corrected chi connectivity index (χ1v) is 12.7. The van der Waals surface area contributed by atoms with Gasteiger partial charge < -0.3 is 5.32 Å². The number of nitrogens with one attached hydrogen (secondary N) is 1. The van der Waals surface area contributed by atoms with Gasteiger partial charge in [0.25, 0.3) is 0 Å². The summed E-state index contributed by atoms with van der Waals surface area (Å²) in [4.78, 5) is 0. The lowest BCUT2D eigenvalue weighted by Gasteiger charge is -2.17. The highest BCUT2D eigenvalue weighted by Crippen LogP contribution is 2.39. The van der Waals surface area contributed by atoms with Crippen LogP contribution in [0.25, 0.3) is 54.6 Å². The molecule has 0 heterocycles. The largest absolute Gasteiger partial charge is 0.355 e. The van der Waals surface area contributed by atoms with Crippen LogP contribution in [0.2, 0.25) is 0 Å². The molecule has 7 rings (SSSR count). The van der Waals surface area contributed by atoms with Gasteiger partial charge in [-0.1, -0.05) is 127 Å². The molecule has 0 saturated carbocycles. The van der Waals surface area contributed by atoms with Crippen LogP contribution < -0.4 is 5.32 Å². The molecular weight excluding hydrogens is 446 g/mol. The quantitative estimate of drug-likeness (QED) is 0.269. The monoisotopic (exact) mass is 471 g/mol. The molecule has 7 aromatic rings. The number of anilines is 2. The summed E-state index contributed by atoms with van der Waals surface area (Å²) < 4.78 is 0. The Labute approximate surface area is 216 Å². The summed E-state index contributed by atoms with van der Waals surface area (Å²) in [6, 6.07) is 52.1. The van der Waals surface area contributed by atoms with Crippen molar-refractivity contribution < 1.29 is 0 Å². The molecule has 0 fully saturated rings. The van der Waals surface area contributed by atoms with Crippen LogP contribution in [0.1, 0.15) is 0 Å². The van der Waals surface area contributed by atoms with Gasteiger partial charge in [-0.3, -0.25) is 0 Å². The maximum atomic E-state index is 3.78. The van der Waals surface area contributed by atoms with Crippen molar-refractivity contribution in [1.29, 1.82) is 0 Å². The van der Waals surface area contributed by atoms with Gasteiger partial charge in [-0.2, -0.15) is 0 Å². The topological polar surface area (TPSA) is 12.0 Å². The lowest BCUT2D eigenvalue weighted by Crippen LogP contribution is -1.95. The molecular formula is C36H25N. The van der Waals surface area contributed by atoms with Gasteiger partial charge in [0, 0.05) is 22.3 Å². The molecule has 0 bridgehead atoms. The van der Waals surface area contributed by atoms with Crippen molar-refractivity contribution >= 4 is 43.7 Å². The number of benzene rings is 7. The van der Waals surface area contributed by atoms with E-state index in [0.717, 1.165) is 11.4 Å². The third-order valence-corrected chi connectivity index (χ3v) is 7.26. The molecule has 0 amide bonds. The van der Waals surface area contributed by atoms with Crippen LogP contribution in [0.3, 0.4) is 0 Å². The zero-order valence-electron chi connectivity index (χ0n) is 20.4. The Bertz CT molecular complexity index is 1910. The first-order chi connectivity index (χ1) is 18.3. The van der Waals surface area contributed by atoms with Crippen LogP contribution in [0, 0.1) is 0 Å². The Morgan fingerprint density at radius 2 is 0.946 bits per heavy atom. The Kier molecular flexibility index (Phi) is 5.19. The second kappa shape index (κ2) is 8.96. The second-order valence-electron chi connectivity index (χ2n) is 9.47. The van der Waals surface area contributed by atoms with Crippen molar-refractivity contribution in [2.45, 2.75) is 0 Å². The van der Waals surface area contributed by atoms with E-state index in [4.69, 9.17) is 0 Å². The van der Waals surface area contributed by atoms with Crippen LogP contribution in [0.4, 0.5) is 11.4 Å². The predicted molar refractivity (Wildman–Crippen MR) is 160 cm³/mol. The lowest BCUT2D eigenvalue weighted by molar-refractivity contribution is 1.56. The van der Waals surface area contributed by atoms with Crippen LogP contribution in [0.15, 0.2) is 146 Å². The van der Waals surface area contributed by atoms with E-state index in [1.54, 1.807) is 0 Å². The summed E-state index contributed by atoms with van der Waals surface area (Å²) in [7, 11) is 0. The van der Waals surface area contributed by atoms with Crippen molar-refractivity contribution in [2.75, 3.05) is 5.32 Å². The summed E-state index contributed by atoms with van der Waals surface area (Å²) in [5.41, 5.74) is 7.11. The van der Waals surface area contributed by atoms with E-state index in [-0.39, 0.29) is 0 Å². The fourth-order valence-corrected chi connectivity index (χ4v) is 5.45. The van der Waals surface area contributed by atoms with Gasteiger partial charge in [0.15, 0.2) is 0 Å². The lowest BCUT2D eigenvalue weighted by atomic mass is 9.93. The molecule has 1 nitrogen and oxygen atoms in total. The molecule has 0 aliphatic rings. The fourth-order valence-electron chi connectivity index (χ4n) is 5.45. The van der Waals surface area contributed by atoms with E-state index in [1.807, 2.05) is 0 Å². The van der Waals surface area contributed by atoms with Crippen molar-refractivity contribution in [1.82, 2.24) is 0 Å². The van der Waals surface area contributed by atoms with E-state index < -0.39 is 0 Å². The predicted octanol–water partition coefficient (Wildman–Crippen LogP) is 10.2. The molecule has 0 aliphatic carbocycles. The molecule has 7 aromatic carbocycles. The van der Waals surface area contributed by atoms with Crippen LogP contribution in [-0.4, -0.2) is 0 Å². The van der Waals surface area contributed by atoms with Crippen LogP contribution in [-0.2, 0) is 0 Å². The van der Waals surface area contributed by atoms with E-state index in [1.165, 1.54) is 54.6 Å². The van der Waals surface area contributed by atoms with Gasteiger partial charge in [0.05, 0.1) is 0 Å². The highest BCUT2D eigenvalue weighted by molar-refractivity contribution is 6.09. The van der Waals surface area contributed by atoms with Gasteiger partial charge in [0.2, 0.25) is 0 Å².